The lowest BCUT2D eigenvalue weighted by Crippen LogP contribution is -2.48. The van der Waals surface area contributed by atoms with E-state index in [1.54, 1.807) is 4.90 Å². The zero-order chi connectivity index (χ0) is 25.1. The van der Waals surface area contributed by atoms with E-state index < -0.39 is 52.3 Å². The minimum absolute atomic E-state index is 0.0844. The summed E-state index contributed by atoms with van der Waals surface area (Å²) in [4.78, 5) is 54.9. The van der Waals surface area contributed by atoms with E-state index in [1.807, 2.05) is 36.4 Å². The van der Waals surface area contributed by atoms with Gasteiger partial charge in [-0.3, -0.25) is 24.5 Å². The van der Waals surface area contributed by atoms with Gasteiger partial charge in [0.1, 0.15) is 11.9 Å². The number of nitro benzene ring substituents is 1. The van der Waals surface area contributed by atoms with Crippen molar-refractivity contribution < 1.29 is 23.7 Å². The monoisotopic (exact) mass is 483 g/mol. The average Bonchev–Trinajstić information content (AvgIpc) is 3.37. The smallest absolute Gasteiger partial charge is 0.270 e. The Morgan fingerprint density at radius 3 is 2.39 bits per heavy atom. The van der Waals surface area contributed by atoms with Gasteiger partial charge in [0.05, 0.1) is 28.5 Å². The number of para-hydroxylation sites is 1. The molecule has 0 aliphatic carbocycles. The van der Waals surface area contributed by atoms with Gasteiger partial charge in [-0.25, -0.2) is 9.29 Å². The van der Waals surface area contributed by atoms with Gasteiger partial charge < -0.3 is 4.90 Å². The second-order valence-electron chi connectivity index (χ2n) is 8.97. The van der Waals surface area contributed by atoms with Crippen LogP contribution in [-0.4, -0.2) is 34.6 Å². The summed E-state index contributed by atoms with van der Waals surface area (Å²) in [5.41, 5.74) is 1.61. The molecule has 2 fully saturated rings. The van der Waals surface area contributed by atoms with Crippen molar-refractivity contribution in [1.29, 1.82) is 0 Å². The number of Topliss-reactive ketones (excluding diaryl/α,β-unsaturated/α-hetero) is 1. The highest BCUT2D eigenvalue weighted by molar-refractivity contribution is 6.25. The molecule has 0 aromatic heterocycles. The summed E-state index contributed by atoms with van der Waals surface area (Å²) >= 11 is 0. The third-order valence-corrected chi connectivity index (χ3v) is 7.11. The zero-order valence-corrected chi connectivity index (χ0v) is 18.7. The molecule has 9 heteroatoms. The highest BCUT2D eigenvalue weighted by atomic mass is 19.1. The van der Waals surface area contributed by atoms with Crippen LogP contribution in [0.15, 0.2) is 78.9 Å². The summed E-state index contributed by atoms with van der Waals surface area (Å²) in [5, 5.41) is 11.3. The number of fused-ring (bicyclic) bond motifs is 5. The molecule has 3 aromatic carbocycles. The minimum atomic E-state index is -1.06. The predicted octanol–water partition coefficient (Wildman–Crippen LogP) is 4.01. The molecule has 178 valence electrons. The van der Waals surface area contributed by atoms with E-state index in [2.05, 4.69) is 0 Å². The number of carbonyl (C=O) groups is 3. The molecule has 0 bridgehead atoms. The molecule has 6 rings (SSSR count). The molecule has 0 unspecified atom stereocenters. The van der Waals surface area contributed by atoms with Crippen molar-refractivity contribution >= 4 is 40.7 Å². The van der Waals surface area contributed by atoms with Gasteiger partial charge in [0, 0.05) is 23.4 Å². The lowest BCUT2D eigenvalue weighted by Gasteiger charge is -2.36. The van der Waals surface area contributed by atoms with Crippen LogP contribution in [0.5, 0.6) is 0 Å². The van der Waals surface area contributed by atoms with Crippen LogP contribution < -0.4 is 9.80 Å². The number of benzene rings is 3. The first-order valence-electron chi connectivity index (χ1n) is 11.3. The quantitative estimate of drug-likeness (QED) is 0.241. The molecule has 36 heavy (non-hydrogen) atoms. The van der Waals surface area contributed by atoms with Gasteiger partial charge in [-0.1, -0.05) is 42.5 Å². The Bertz CT molecular complexity index is 1480. The standard InChI is InChI=1S/C27H18FN3O5/c28-17-9-11-18(12-10-17)29-26(33)22-21-13-8-15-4-1-2-7-20(15)30(21)24(23(22)27(29)34)25(32)16-5-3-6-19(14-16)31(35)36/h1-14,21-24H/t21-,22+,23-,24-/m0/s1. The van der Waals surface area contributed by atoms with E-state index in [9.17, 15) is 28.9 Å². The van der Waals surface area contributed by atoms with Gasteiger partial charge in [-0.05, 0) is 35.9 Å². The highest BCUT2D eigenvalue weighted by Crippen LogP contribution is 2.49. The third-order valence-electron chi connectivity index (χ3n) is 7.11. The Balaban J connectivity index is 1.49. The number of hydrogen-bond donors (Lipinski definition) is 0. The van der Waals surface area contributed by atoms with Crippen molar-refractivity contribution in [3.63, 3.8) is 0 Å². The SMILES string of the molecule is O=C(c1cccc([N+](=O)[O-])c1)[C@@H]1[C@H]2C(=O)N(c3ccc(F)cc3)C(=O)[C@@H]2[C@@H]2C=Cc3ccccc3N12. The first-order chi connectivity index (χ1) is 17.4. The number of carbonyl (C=O) groups excluding carboxylic acids is 3. The Hall–Kier alpha value is -4.66. The number of amides is 2. The molecule has 3 aliphatic heterocycles. The van der Waals surface area contributed by atoms with Crippen LogP contribution in [0.3, 0.4) is 0 Å². The number of rotatable bonds is 4. The predicted molar refractivity (Wildman–Crippen MR) is 129 cm³/mol. The van der Waals surface area contributed by atoms with Crippen molar-refractivity contribution in [1.82, 2.24) is 0 Å². The summed E-state index contributed by atoms with van der Waals surface area (Å²) in [7, 11) is 0. The largest absolute Gasteiger partial charge is 0.352 e. The van der Waals surface area contributed by atoms with Crippen molar-refractivity contribution in [3.8, 4) is 0 Å². The van der Waals surface area contributed by atoms with E-state index in [4.69, 9.17) is 0 Å². The Labute approximate surface area is 204 Å². The molecule has 2 saturated heterocycles. The molecule has 0 radical (unpaired) electrons. The summed E-state index contributed by atoms with van der Waals surface area (Å²) in [6, 6.07) is 16.1. The van der Waals surface area contributed by atoms with E-state index in [0.717, 1.165) is 10.5 Å². The fraction of sp³-hybridized carbons (Fsp3) is 0.148. The van der Waals surface area contributed by atoms with Crippen molar-refractivity contribution in [2.75, 3.05) is 9.80 Å². The molecule has 3 heterocycles. The molecule has 3 aliphatic rings. The van der Waals surface area contributed by atoms with Gasteiger partial charge >= 0.3 is 0 Å². The van der Waals surface area contributed by atoms with Crippen LogP contribution in [0.4, 0.5) is 21.5 Å². The normalized spacial score (nSPS) is 23.9. The number of halogens is 1. The summed E-state index contributed by atoms with van der Waals surface area (Å²) in [6.45, 7) is 0. The summed E-state index contributed by atoms with van der Waals surface area (Å²) < 4.78 is 13.5. The number of non-ortho nitro benzene ring substituents is 1. The first-order valence-corrected chi connectivity index (χ1v) is 11.3. The molecule has 0 N–H and O–H groups in total. The van der Waals surface area contributed by atoms with Gasteiger partial charge in [0.25, 0.3) is 5.69 Å². The van der Waals surface area contributed by atoms with Crippen molar-refractivity contribution in [3.05, 3.63) is 106 Å². The van der Waals surface area contributed by atoms with E-state index in [-0.39, 0.29) is 16.9 Å². The number of ketones is 1. The molecular weight excluding hydrogens is 465 g/mol. The molecule has 0 spiro atoms. The zero-order valence-electron chi connectivity index (χ0n) is 18.7. The number of imide groups is 1. The van der Waals surface area contributed by atoms with Crippen LogP contribution in [-0.2, 0) is 9.59 Å². The number of nitrogens with zero attached hydrogens (tertiary/aromatic N) is 3. The van der Waals surface area contributed by atoms with Crippen LogP contribution in [0, 0.1) is 27.8 Å². The highest BCUT2D eigenvalue weighted by Gasteiger charge is 2.64. The fourth-order valence-electron chi connectivity index (χ4n) is 5.60. The Morgan fingerprint density at radius 2 is 1.64 bits per heavy atom. The molecule has 3 aromatic rings. The van der Waals surface area contributed by atoms with Gasteiger partial charge in [-0.2, -0.15) is 0 Å². The van der Waals surface area contributed by atoms with Gasteiger partial charge in [-0.15, -0.1) is 0 Å². The molecule has 2 amide bonds. The van der Waals surface area contributed by atoms with E-state index in [1.165, 1.54) is 48.5 Å². The van der Waals surface area contributed by atoms with Crippen molar-refractivity contribution in [2.45, 2.75) is 12.1 Å². The third kappa shape index (κ3) is 3.09. The summed E-state index contributed by atoms with van der Waals surface area (Å²) in [6.07, 6.45) is 3.69. The van der Waals surface area contributed by atoms with Crippen molar-refractivity contribution in [2.24, 2.45) is 11.8 Å². The molecular formula is C27H18FN3O5. The minimum Gasteiger partial charge on any atom is -0.352 e. The second-order valence-corrected chi connectivity index (χ2v) is 8.97. The van der Waals surface area contributed by atoms with Gasteiger partial charge in [0.15, 0.2) is 5.78 Å². The first kappa shape index (κ1) is 21.8. The average molecular weight is 483 g/mol. The maximum atomic E-state index is 13.9. The molecule has 0 saturated carbocycles. The number of hydrogen-bond acceptors (Lipinski definition) is 6. The topological polar surface area (TPSA) is 101 Å². The fourth-order valence-corrected chi connectivity index (χ4v) is 5.60. The summed E-state index contributed by atoms with van der Waals surface area (Å²) in [5.74, 6) is -3.88. The molecule has 8 nitrogen and oxygen atoms in total. The van der Waals surface area contributed by atoms with Crippen LogP contribution in [0.1, 0.15) is 15.9 Å². The van der Waals surface area contributed by atoms with Gasteiger partial charge in [0.2, 0.25) is 11.8 Å². The Kier molecular flexibility index (Phi) is 4.82. The van der Waals surface area contributed by atoms with Crippen LogP contribution >= 0.6 is 0 Å². The number of anilines is 2. The van der Waals surface area contributed by atoms with Crippen LogP contribution in [0.2, 0.25) is 0 Å². The van der Waals surface area contributed by atoms with E-state index in [0.29, 0.717) is 5.69 Å². The maximum Gasteiger partial charge on any atom is 0.270 e. The Morgan fingerprint density at radius 1 is 0.917 bits per heavy atom. The van der Waals surface area contributed by atoms with E-state index >= 15 is 0 Å². The lowest BCUT2D eigenvalue weighted by atomic mass is 9.86. The number of nitro groups is 1. The lowest BCUT2D eigenvalue weighted by molar-refractivity contribution is -0.384. The molecule has 4 atom stereocenters. The second kappa shape index (κ2) is 7.94. The van der Waals surface area contributed by atoms with Crippen LogP contribution in [0.25, 0.3) is 6.08 Å². The maximum absolute atomic E-state index is 13.9.